The molecule has 0 bridgehead atoms. The molecule has 8 heteroatoms. The molecule has 0 fully saturated rings. The first kappa shape index (κ1) is 18.9. The average Bonchev–Trinajstić information content (AvgIpc) is 3.26. The smallest absolute Gasteiger partial charge is 0.267 e. The number of carbonyl (C=O) groups is 1. The minimum absolute atomic E-state index is 0.301. The summed E-state index contributed by atoms with van der Waals surface area (Å²) in [5.41, 5.74) is 5.53. The highest BCUT2D eigenvalue weighted by molar-refractivity contribution is 7.16. The Kier molecular flexibility index (Phi) is 5.44. The highest BCUT2D eigenvalue weighted by Gasteiger charge is 2.17. The fraction of sp³-hybridized carbons (Fsp3) is 0.190. The van der Waals surface area contributed by atoms with Gasteiger partial charge in [-0.2, -0.15) is 10.2 Å². The first-order valence-corrected chi connectivity index (χ1v) is 10.1. The van der Waals surface area contributed by atoms with Crippen LogP contribution in [0.1, 0.15) is 34.9 Å². The fourth-order valence-electron chi connectivity index (χ4n) is 2.88. The predicted octanol–water partition coefficient (Wildman–Crippen LogP) is 3.82. The van der Waals surface area contributed by atoms with E-state index >= 15 is 0 Å². The Balaban J connectivity index is 1.68. The Bertz CT molecular complexity index is 1150. The summed E-state index contributed by atoms with van der Waals surface area (Å²) in [6.45, 7) is 4.33. The molecule has 0 aliphatic rings. The van der Waals surface area contributed by atoms with Crippen molar-refractivity contribution in [2.24, 2.45) is 11.0 Å². The number of hydrazone groups is 1. The molecule has 0 aliphatic carbocycles. The van der Waals surface area contributed by atoms with E-state index in [0.717, 1.165) is 33.3 Å². The Hall–Kier alpha value is -3.39. The van der Waals surface area contributed by atoms with Crippen LogP contribution in [0, 0.1) is 5.92 Å². The molecule has 0 saturated carbocycles. The molecule has 146 valence electrons. The van der Waals surface area contributed by atoms with Crippen LogP contribution in [0.3, 0.4) is 0 Å². The molecule has 0 atom stereocenters. The van der Waals surface area contributed by atoms with Gasteiger partial charge in [-0.15, -0.1) is 0 Å². The molecule has 3 aromatic heterocycles. The van der Waals surface area contributed by atoms with Gasteiger partial charge in [-0.25, -0.2) is 14.9 Å². The van der Waals surface area contributed by atoms with Crippen molar-refractivity contribution in [3.05, 3.63) is 71.1 Å². The molecule has 7 nitrogen and oxygen atoms in total. The van der Waals surface area contributed by atoms with E-state index in [-0.39, 0.29) is 5.91 Å². The van der Waals surface area contributed by atoms with Crippen LogP contribution >= 0.6 is 11.3 Å². The van der Waals surface area contributed by atoms with Gasteiger partial charge in [0.1, 0.15) is 16.4 Å². The van der Waals surface area contributed by atoms with Crippen molar-refractivity contribution >= 4 is 28.4 Å². The van der Waals surface area contributed by atoms with Gasteiger partial charge in [-0.3, -0.25) is 9.78 Å². The lowest BCUT2D eigenvalue weighted by Gasteiger charge is -2.01. The third-order valence-electron chi connectivity index (χ3n) is 4.21. The Morgan fingerprint density at radius 2 is 1.97 bits per heavy atom. The number of hydrogen-bond donors (Lipinski definition) is 1. The van der Waals surface area contributed by atoms with E-state index in [1.165, 1.54) is 0 Å². The van der Waals surface area contributed by atoms with Gasteiger partial charge in [-0.1, -0.05) is 55.5 Å². The number of aromatic nitrogens is 4. The standard InChI is InChI=1S/C21H20N6OS/c1-14(2)12-18-26-27-17(13-23-25-20(28)16-8-10-22-11-9-16)19(24-21(27)29-18)15-6-4-3-5-7-15/h3-11,13-14H,12H2,1-2H3,(H,25,28)/b23-13+. The minimum atomic E-state index is -0.301. The molecule has 0 unspecified atom stereocenters. The third kappa shape index (κ3) is 4.22. The summed E-state index contributed by atoms with van der Waals surface area (Å²) < 4.78 is 1.80. The summed E-state index contributed by atoms with van der Waals surface area (Å²) in [6.07, 6.45) is 5.63. The van der Waals surface area contributed by atoms with Gasteiger partial charge >= 0.3 is 0 Å². The van der Waals surface area contributed by atoms with E-state index in [1.54, 1.807) is 46.6 Å². The number of nitrogens with zero attached hydrogens (tertiary/aromatic N) is 5. The number of carbonyl (C=O) groups excluding carboxylic acids is 1. The molecule has 0 spiro atoms. The summed E-state index contributed by atoms with van der Waals surface area (Å²) in [6, 6.07) is 13.1. The summed E-state index contributed by atoms with van der Waals surface area (Å²) in [4.78, 5) is 21.7. The Morgan fingerprint density at radius 1 is 1.21 bits per heavy atom. The summed E-state index contributed by atoms with van der Waals surface area (Å²) >= 11 is 1.58. The molecule has 3 heterocycles. The third-order valence-corrected chi connectivity index (χ3v) is 5.14. The Morgan fingerprint density at radius 3 is 2.69 bits per heavy atom. The van der Waals surface area contributed by atoms with Gasteiger partial charge in [0.2, 0.25) is 4.96 Å². The van der Waals surface area contributed by atoms with Crippen LogP contribution in [0.2, 0.25) is 0 Å². The van der Waals surface area contributed by atoms with Crippen molar-refractivity contribution in [2.75, 3.05) is 0 Å². The van der Waals surface area contributed by atoms with Crippen LogP contribution in [0.25, 0.3) is 16.2 Å². The second-order valence-electron chi connectivity index (χ2n) is 6.93. The number of imidazole rings is 1. The van der Waals surface area contributed by atoms with Gasteiger partial charge in [0.05, 0.1) is 6.21 Å². The van der Waals surface area contributed by atoms with Gasteiger partial charge in [0.25, 0.3) is 5.91 Å². The number of fused-ring (bicyclic) bond motifs is 1. The molecule has 0 saturated heterocycles. The average molecular weight is 404 g/mol. The van der Waals surface area contributed by atoms with Gasteiger partial charge in [0.15, 0.2) is 0 Å². The lowest BCUT2D eigenvalue weighted by Crippen LogP contribution is -2.17. The van der Waals surface area contributed by atoms with Crippen LogP contribution in [0.4, 0.5) is 0 Å². The highest BCUT2D eigenvalue weighted by atomic mass is 32.1. The van der Waals surface area contributed by atoms with E-state index in [4.69, 9.17) is 10.1 Å². The maximum atomic E-state index is 12.2. The molecule has 29 heavy (non-hydrogen) atoms. The first-order chi connectivity index (χ1) is 14.1. The molecule has 4 aromatic rings. The zero-order valence-corrected chi connectivity index (χ0v) is 16.9. The number of pyridine rings is 1. The van der Waals surface area contributed by atoms with Gasteiger partial charge in [-0.05, 0) is 18.1 Å². The van der Waals surface area contributed by atoms with E-state index < -0.39 is 0 Å². The second kappa shape index (κ2) is 8.32. The van der Waals surface area contributed by atoms with Crippen LogP contribution < -0.4 is 5.43 Å². The van der Waals surface area contributed by atoms with E-state index in [1.807, 2.05) is 30.3 Å². The monoisotopic (exact) mass is 404 g/mol. The van der Waals surface area contributed by atoms with Crippen molar-refractivity contribution in [1.29, 1.82) is 0 Å². The highest BCUT2D eigenvalue weighted by Crippen LogP contribution is 2.26. The largest absolute Gasteiger partial charge is 0.271 e. The maximum Gasteiger partial charge on any atom is 0.271 e. The SMILES string of the molecule is CC(C)Cc1nn2c(/C=N/NC(=O)c3ccncc3)c(-c3ccccc3)nc2s1. The molecule has 4 rings (SSSR count). The van der Waals surface area contributed by atoms with E-state index in [9.17, 15) is 4.79 Å². The molecule has 1 amide bonds. The summed E-state index contributed by atoms with van der Waals surface area (Å²) in [5.74, 6) is 0.209. The van der Waals surface area contributed by atoms with Gasteiger partial charge < -0.3 is 0 Å². The normalized spacial score (nSPS) is 11.6. The number of amides is 1. The van der Waals surface area contributed by atoms with Crippen molar-refractivity contribution < 1.29 is 4.79 Å². The zero-order valence-electron chi connectivity index (χ0n) is 16.1. The Labute approximate surface area is 172 Å². The fourth-order valence-corrected chi connectivity index (χ4v) is 3.99. The lowest BCUT2D eigenvalue weighted by atomic mass is 10.1. The number of benzene rings is 1. The molecular weight excluding hydrogens is 384 g/mol. The van der Waals surface area contributed by atoms with Gasteiger partial charge in [0, 0.05) is 29.9 Å². The molecule has 0 radical (unpaired) electrons. The molecule has 1 aromatic carbocycles. The van der Waals surface area contributed by atoms with Crippen molar-refractivity contribution in [3.8, 4) is 11.3 Å². The molecule has 0 aliphatic heterocycles. The minimum Gasteiger partial charge on any atom is -0.267 e. The van der Waals surface area contributed by atoms with Crippen LogP contribution in [0.15, 0.2) is 60.0 Å². The van der Waals surface area contributed by atoms with Crippen LogP contribution in [-0.2, 0) is 6.42 Å². The molecule has 1 N–H and O–H groups in total. The summed E-state index contributed by atoms with van der Waals surface area (Å²) in [5, 5.41) is 9.90. The second-order valence-corrected chi connectivity index (χ2v) is 7.98. The predicted molar refractivity (Wildman–Crippen MR) is 114 cm³/mol. The molecular formula is C21H20N6OS. The number of rotatable bonds is 6. The number of hydrogen-bond acceptors (Lipinski definition) is 6. The quantitative estimate of drug-likeness (QED) is 0.391. The van der Waals surface area contributed by atoms with Crippen LogP contribution in [-0.4, -0.2) is 31.7 Å². The lowest BCUT2D eigenvalue weighted by molar-refractivity contribution is 0.0955. The van der Waals surface area contributed by atoms with Crippen molar-refractivity contribution in [1.82, 2.24) is 25.0 Å². The summed E-state index contributed by atoms with van der Waals surface area (Å²) in [7, 11) is 0. The zero-order chi connectivity index (χ0) is 20.2. The van der Waals surface area contributed by atoms with E-state index in [2.05, 4.69) is 29.4 Å². The topological polar surface area (TPSA) is 84.5 Å². The van der Waals surface area contributed by atoms with Crippen molar-refractivity contribution in [2.45, 2.75) is 20.3 Å². The van der Waals surface area contributed by atoms with Crippen LogP contribution in [0.5, 0.6) is 0 Å². The number of nitrogens with one attached hydrogen (secondary N) is 1. The van der Waals surface area contributed by atoms with E-state index in [0.29, 0.717) is 11.5 Å². The first-order valence-electron chi connectivity index (χ1n) is 9.29. The maximum absolute atomic E-state index is 12.2. The van der Waals surface area contributed by atoms with Crippen molar-refractivity contribution in [3.63, 3.8) is 0 Å².